The molecule has 0 saturated carbocycles. The number of nitrogens with zero attached hydrogens (tertiary/aromatic N) is 2. The van der Waals surface area contributed by atoms with Crippen molar-refractivity contribution in [3.05, 3.63) is 42.2 Å². The van der Waals surface area contributed by atoms with Crippen LogP contribution in [-0.2, 0) is 0 Å². The Bertz CT molecular complexity index is 603. The number of benzene rings is 1. The van der Waals surface area contributed by atoms with E-state index < -0.39 is 6.10 Å². The van der Waals surface area contributed by atoms with E-state index in [1.807, 2.05) is 44.2 Å². The summed E-state index contributed by atoms with van der Waals surface area (Å²) in [5.74, 6) is -0.141. The van der Waals surface area contributed by atoms with Gasteiger partial charge in [-0.15, -0.1) is 0 Å². The summed E-state index contributed by atoms with van der Waals surface area (Å²) >= 11 is 0. The van der Waals surface area contributed by atoms with E-state index in [-0.39, 0.29) is 11.9 Å². The van der Waals surface area contributed by atoms with Crippen LogP contribution in [0.3, 0.4) is 0 Å². The number of hydrogen-bond acceptors (Lipinski definition) is 3. The van der Waals surface area contributed by atoms with Gasteiger partial charge in [-0.3, -0.25) is 9.78 Å². The van der Waals surface area contributed by atoms with Gasteiger partial charge in [-0.1, -0.05) is 24.3 Å². The first-order valence-electron chi connectivity index (χ1n) is 6.83. The lowest BCUT2D eigenvalue weighted by atomic mass is 10.1. The van der Waals surface area contributed by atoms with Gasteiger partial charge in [0.15, 0.2) is 0 Å². The number of fused-ring (bicyclic) bond motifs is 1. The molecule has 0 bridgehead atoms. The molecule has 20 heavy (non-hydrogen) atoms. The van der Waals surface area contributed by atoms with E-state index in [0.29, 0.717) is 12.2 Å². The van der Waals surface area contributed by atoms with Gasteiger partial charge in [0.2, 0.25) is 0 Å². The Balaban J connectivity index is 2.44. The van der Waals surface area contributed by atoms with Crippen molar-refractivity contribution in [2.24, 2.45) is 0 Å². The molecule has 0 aliphatic carbocycles. The summed E-state index contributed by atoms with van der Waals surface area (Å²) < 4.78 is 0. The Morgan fingerprint density at radius 3 is 2.60 bits per heavy atom. The smallest absolute Gasteiger partial charge is 0.273 e. The molecule has 0 aliphatic heterocycles. The molecule has 0 radical (unpaired) electrons. The van der Waals surface area contributed by atoms with Gasteiger partial charge >= 0.3 is 0 Å². The molecule has 1 N–H and O–H groups in total. The van der Waals surface area contributed by atoms with Crippen LogP contribution in [0.5, 0.6) is 0 Å². The summed E-state index contributed by atoms with van der Waals surface area (Å²) in [5.41, 5.74) is 0.442. The number of aliphatic hydroxyl groups excluding tert-OH is 1. The molecule has 1 unspecified atom stereocenters. The van der Waals surface area contributed by atoms with Gasteiger partial charge in [0.25, 0.3) is 5.91 Å². The molecule has 1 heterocycles. The van der Waals surface area contributed by atoms with Crippen molar-refractivity contribution < 1.29 is 9.90 Å². The molecular weight excluding hydrogens is 252 g/mol. The van der Waals surface area contributed by atoms with Crippen LogP contribution < -0.4 is 0 Å². The number of aromatic nitrogens is 1. The average Bonchev–Trinajstić information content (AvgIpc) is 2.43. The fraction of sp³-hybridized carbons (Fsp3) is 0.375. The third kappa shape index (κ3) is 2.96. The van der Waals surface area contributed by atoms with Gasteiger partial charge in [0, 0.05) is 24.2 Å². The van der Waals surface area contributed by atoms with Crippen molar-refractivity contribution in [2.75, 3.05) is 6.54 Å². The van der Waals surface area contributed by atoms with E-state index in [0.717, 1.165) is 10.8 Å². The van der Waals surface area contributed by atoms with Gasteiger partial charge in [0.05, 0.1) is 6.10 Å². The van der Waals surface area contributed by atoms with Crippen LogP contribution in [0.15, 0.2) is 36.5 Å². The second-order valence-electron chi connectivity index (χ2n) is 5.28. The first-order valence-corrected chi connectivity index (χ1v) is 6.83. The number of rotatable bonds is 4. The summed E-state index contributed by atoms with van der Waals surface area (Å²) in [5, 5.41) is 11.4. The number of amides is 1. The Morgan fingerprint density at radius 1 is 1.25 bits per heavy atom. The molecular formula is C16H20N2O2. The van der Waals surface area contributed by atoms with E-state index in [4.69, 9.17) is 0 Å². The molecule has 4 nitrogen and oxygen atoms in total. The van der Waals surface area contributed by atoms with Crippen LogP contribution in [0, 0.1) is 0 Å². The molecule has 1 amide bonds. The molecule has 0 spiro atoms. The zero-order valence-corrected chi connectivity index (χ0v) is 12.1. The molecule has 4 heteroatoms. The Kier molecular flexibility index (Phi) is 4.35. The number of pyridine rings is 1. The summed E-state index contributed by atoms with van der Waals surface area (Å²) in [6.45, 7) is 5.86. The number of hydrogen-bond donors (Lipinski definition) is 1. The largest absolute Gasteiger partial charge is 0.392 e. The molecule has 1 atom stereocenters. The predicted octanol–water partition coefficient (Wildman–Crippen LogP) is 2.47. The van der Waals surface area contributed by atoms with Gasteiger partial charge in [-0.2, -0.15) is 0 Å². The minimum atomic E-state index is -0.559. The number of carbonyl (C=O) groups is 1. The zero-order chi connectivity index (χ0) is 14.7. The molecule has 106 valence electrons. The lowest BCUT2D eigenvalue weighted by Crippen LogP contribution is -2.41. The topological polar surface area (TPSA) is 53.4 Å². The minimum absolute atomic E-state index is 0.0119. The van der Waals surface area contributed by atoms with Crippen LogP contribution in [0.2, 0.25) is 0 Å². The van der Waals surface area contributed by atoms with Crippen molar-refractivity contribution >= 4 is 16.7 Å². The maximum absolute atomic E-state index is 12.7. The third-order valence-electron chi connectivity index (χ3n) is 3.22. The molecule has 1 aromatic carbocycles. The van der Waals surface area contributed by atoms with Crippen molar-refractivity contribution in [2.45, 2.75) is 32.9 Å². The summed E-state index contributed by atoms with van der Waals surface area (Å²) in [7, 11) is 0. The second kappa shape index (κ2) is 6.01. The van der Waals surface area contributed by atoms with Gasteiger partial charge in [-0.05, 0) is 32.2 Å². The highest BCUT2D eigenvalue weighted by Crippen LogP contribution is 2.19. The Morgan fingerprint density at radius 2 is 1.95 bits per heavy atom. The number of carbonyl (C=O) groups excluding carboxylic acids is 1. The first-order chi connectivity index (χ1) is 9.50. The monoisotopic (exact) mass is 272 g/mol. The lowest BCUT2D eigenvalue weighted by Gasteiger charge is -2.28. The van der Waals surface area contributed by atoms with Crippen LogP contribution in [0.4, 0.5) is 0 Å². The normalized spacial score (nSPS) is 12.7. The molecule has 0 fully saturated rings. The quantitative estimate of drug-likeness (QED) is 0.930. The predicted molar refractivity (Wildman–Crippen MR) is 79.6 cm³/mol. The van der Waals surface area contributed by atoms with E-state index >= 15 is 0 Å². The van der Waals surface area contributed by atoms with E-state index in [2.05, 4.69) is 4.98 Å². The fourth-order valence-corrected chi connectivity index (χ4v) is 2.24. The van der Waals surface area contributed by atoms with E-state index in [1.165, 1.54) is 0 Å². The van der Waals surface area contributed by atoms with Crippen molar-refractivity contribution in [3.8, 4) is 0 Å². The molecule has 1 aromatic heterocycles. The van der Waals surface area contributed by atoms with Crippen LogP contribution in [0.25, 0.3) is 10.8 Å². The average molecular weight is 272 g/mol. The summed E-state index contributed by atoms with van der Waals surface area (Å²) in [6.07, 6.45) is 1.09. The van der Waals surface area contributed by atoms with Gasteiger partial charge in [0.1, 0.15) is 5.69 Å². The maximum Gasteiger partial charge on any atom is 0.273 e. The SMILES string of the molecule is CC(O)CN(C(=O)c1nccc2ccccc12)C(C)C. The van der Waals surface area contributed by atoms with E-state index in [1.54, 1.807) is 18.0 Å². The number of aliphatic hydroxyl groups is 1. The zero-order valence-electron chi connectivity index (χ0n) is 12.1. The van der Waals surface area contributed by atoms with Crippen LogP contribution >= 0.6 is 0 Å². The minimum Gasteiger partial charge on any atom is -0.392 e. The molecule has 2 aromatic rings. The molecule has 0 aliphatic rings. The Labute approximate surface area is 119 Å². The highest BCUT2D eigenvalue weighted by Gasteiger charge is 2.22. The van der Waals surface area contributed by atoms with Crippen LogP contribution in [-0.4, -0.2) is 39.6 Å². The maximum atomic E-state index is 12.7. The van der Waals surface area contributed by atoms with Crippen molar-refractivity contribution in [3.63, 3.8) is 0 Å². The Hall–Kier alpha value is -1.94. The molecule has 0 saturated heterocycles. The molecule has 2 rings (SSSR count). The van der Waals surface area contributed by atoms with Gasteiger partial charge in [-0.25, -0.2) is 0 Å². The summed E-state index contributed by atoms with van der Waals surface area (Å²) in [4.78, 5) is 18.6. The first kappa shape index (κ1) is 14.5. The summed E-state index contributed by atoms with van der Waals surface area (Å²) in [6, 6.07) is 9.60. The van der Waals surface area contributed by atoms with Gasteiger partial charge < -0.3 is 10.0 Å². The van der Waals surface area contributed by atoms with E-state index in [9.17, 15) is 9.90 Å². The fourth-order valence-electron chi connectivity index (χ4n) is 2.24. The third-order valence-corrected chi connectivity index (χ3v) is 3.22. The highest BCUT2D eigenvalue weighted by molar-refractivity contribution is 6.05. The van der Waals surface area contributed by atoms with Crippen molar-refractivity contribution in [1.29, 1.82) is 0 Å². The highest BCUT2D eigenvalue weighted by atomic mass is 16.3. The second-order valence-corrected chi connectivity index (χ2v) is 5.28. The lowest BCUT2D eigenvalue weighted by molar-refractivity contribution is 0.0575. The van der Waals surface area contributed by atoms with Crippen LogP contribution in [0.1, 0.15) is 31.3 Å². The standard InChI is InChI=1S/C16H20N2O2/c1-11(2)18(10-12(3)19)16(20)15-14-7-5-4-6-13(14)8-9-17-15/h4-9,11-12,19H,10H2,1-3H3. The van der Waals surface area contributed by atoms with Crippen molar-refractivity contribution in [1.82, 2.24) is 9.88 Å².